The van der Waals surface area contributed by atoms with Gasteiger partial charge in [-0.15, -0.1) is 0 Å². The van der Waals surface area contributed by atoms with E-state index in [1.54, 1.807) is 0 Å². The topological polar surface area (TPSA) is 33.5 Å². The molecular weight excluding hydrogens is 949 g/mol. The van der Waals surface area contributed by atoms with Gasteiger partial charge in [0.05, 0.1) is 39.2 Å². The number of hydrogen-bond acceptors (Lipinski definition) is 4. The van der Waals surface area contributed by atoms with Crippen LogP contribution in [0.5, 0.6) is 11.5 Å². The molecule has 2 aromatic heterocycles. The van der Waals surface area contributed by atoms with Crippen LogP contribution in [0.1, 0.15) is 180 Å². The summed E-state index contributed by atoms with van der Waals surface area (Å²) in [4.78, 5) is 10.2. The normalized spacial score (nSPS) is 15.1. The Kier molecular flexibility index (Phi) is 11.2. The van der Waals surface area contributed by atoms with E-state index in [-0.39, 0.29) is 32.5 Å². The van der Waals surface area contributed by atoms with Gasteiger partial charge in [0, 0.05) is 29.1 Å². The highest BCUT2D eigenvalue weighted by Gasteiger charge is 2.57. The number of ether oxygens (including phenoxy) is 1. The molecule has 7 aromatic carbocycles. The number of rotatable bonds is 4. The second kappa shape index (κ2) is 16.9. The summed E-state index contributed by atoms with van der Waals surface area (Å²) < 4.78 is 9.52. The number of pyridine rings is 1. The van der Waals surface area contributed by atoms with E-state index in [1.165, 1.54) is 94.9 Å². The Morgan fingerprint density at radius 2 is 0.936 bits per heavy atom. The molecule has 1 spiro atoms. The van der Waals surface area contributed by atoms with Crippen molar-refractivity contribution in [2.45, 2.75) is 163 Å². The Balaban J connectivity index is 1.20. The summed E-state index contributed by atoms with van der Waals surface area (Å²) in [5.74, 6) is 2.45. The van der Waals surface area contributed by atoms with Gasteiger partial charge >= 0.3 is 0 Å². The van der Waals surface area contributed by atoms with Crippen molar-refractivity contribution in [3.05, 3.63) is 201 Å². The number of hydrogen-bond donors (Lipinski definition) is 0. The Morgan fingerprint density at radius 1 is 0.410 bits per heavy atom. The molecule has 9 aromatic rings. The number of anilines is 4. The highest BCUT2D eigenvalue weighted by molar-refractivity contribution is 6.09. The second-order valence-corrected chi connectivity index (χ2v) is 29.0. The molecule has 0 bridgehead atoms. The summed E-state index contributed by atoms with van der Waals surface area (Å²) >= 11 is 0. The molecule has 78 heavy (non-hydrogen) atoms. The molecule has 0 saturated carbocycles. The van der Waals surface area contributed by atoms with Crippen LogP contribution in [-0.2, 0) is 37.9 Å². The standard InChI is InChI=1S/C73H80N4O/c1-67(2,3)44-37-50-51-38-45(68(4,5)6)40-57(72(16,17)18)64(51)73(63(50)56(39-44)71(13,14)15)52-35-33-47(78-46-32-34-49-48-25-19-20-29-58(48)77(60(49)41-46)62-31-21-22-36-74-62)42-61(52)76-43-75(59-30-24-28-55(73)66(59)76)65-53(69(7,8)9)26-23-27-54(65)70(10,11)12/h19-42H,43H2,1-18H3. The van der Waals surface area contributed by atoms with Gasteiger partial charge in [-0.1, -0.05) is 210 Å². The minimum absolute atomic E-state index is 0.0817. The van der Waals surface area contributed by atoms with E-state index >= 15 is 0 Å². The minimum Gasteiger partial charge on any atom is -0.457 e. The number of benzene rings is 7. The SMILES string of the molecule is CC(C)(C)c1cc2c(c(C(C)(C)C)c1)C1(c3ccc(Oc4ccc5c6ccccc6n(-c6ccccn6)c5c4)cc3N3CN(c4c(C(C)(C)C)cccc4C(C)(C)C)c4cccc1c43)c1c-2cc(C(C)(C)C)cc1C(C)(C)C. The number of para-hydroxylation sites is 3. The van der Waals surface area contributed by atoms with Crippen molar-refractivity contribution in [2.24, 2.45) is 0 Å². The maximum atomic E-state index is 7.25. The first-order valence-electron chi connectivity index (χ1n) is 28.5. The van der Waals surface area contributed by atoms with Crippen LogP contribution in [0.4, 0.5) is 22.7 Å². The summed E-state index contributed by atoms with van der Waals surface area (Å²) in [6, 6.07) is 53.0. The van der Waals surface area contributed by atoms with Crippen molar-refractivity contribution in [1.82, 2.24) is 9.55 Å². The van der Waals surface area contributed by atoms with Gasteiger partial charge in [-0.3, -0.25) is 4.57 Å². The summed E-state index contributed by atoms with van der Waals surface area (Å²) in [7, 11) is 0. The second-order valence-electron chi connectivity index (χ2n) is 29.0. The quantitative estimate of drug-likeness (QED) is 0.176. The Bertz CT molecular complexity index is 3810. The van der Waals surface area contributed by atoms with Crippen LogP contribution in [0.25, 0.3) is 38.8 Å². The molecule has 1 aliphatic carbocycles. The Morgan fingerprint density at radius 3 is 1.50 bits per heavy atom. The zero-order valence-corrected chi connectivity index (χ0v) is 49.8. The van der Waals surface area contributed by atoms with E-state index in [0.717, 1.165) is 33.7 Å². The van der Waals surface area contributed by atoms with Gasteiger partial charge in [0.25, 0.3) is 0 Å². The van der Waals surface area contributed by atoms with Crippen molar-refractivity contribution in [1.29, 1.82) is 0 Å². The van der Waals surface area contributed by atoms with Gasteiger partial charge in [-0.25, -0.2) is 4.98 Å². The molecule has 398 valence electrons. The van der Waals surface area contributed by atoms with Crippen molar-refractivity contribution in [2.75, 3.05) is 16.5 Å². The molecule has 0 radical (unpaired) electrons. The summed E-state index contributed by atoms with van der Waals surface area (Å²) in [5, 5.41) is 2.35. The maximum Gasteiger partial charge on any atom is 0.137 e. The minimum atomic E-state index is -0.701. The van der Waals surface area contributed by atoms with Crippen molar-refractivity contribution in [3.8, 4) is 28.4 Å². The Labute approximate surface area is 465 Å². The van der Waals surface area contributed by atoms with E-state index in [0.29, 0.717) is 6.67 Å². The molecule has 0 saturated heterocycles. The van der Waals surface area contributed by atoms with Gasteiger partial charge in [0.2, 0.25) is 0 Å². The molecule has 5 nitrogen and oxygen atoms in total. The fourth-order valence-corrected chi connectivity index (χ4v) is 13.4. The number of nitrogens with zero attached hydrogens (tertiary/aromatic N) is 4. The molecule has 0 atom stereocenters. The van der Waals surface area contributed by atoms with Gasteiger partial charge in [0.15, 0.2) is 0 Å². The van der Waals surface area contributed by atoms with E-state index in [1.807, 2.05) is 12.3 Å². The van der Waals surface area contributed by atoms with Crippen molar-refractivity contribution in [3.63, 3.8) is 0 Å². The largest absolute Gasteiger partial charge is 0.457 e. The maximum absolute atomic E-state index is 7.25. The molecule has 4 heterocycles. The zero-order chi connectivity index (χ0) is 55.6. The smallest absolute Gasteiger partial charge is 0.137 e. The Hall–Kier alpha value is -7.11. The van der Waals surface area contributed by atoms with E-state index in [2.05, 4.69) is 272 Å². The van der Waals surface area contributed by atoms with Crippen LogP contribution < -0.4 is 14.5 Å². The van der Waals surface area contributed by atoms with Gasteiger partial charge in [0.1, 0.15) is 24.0 Å². The molecule has 12 rings (SSSR count). The van der Waals surface area contributed by atoms with Gasteiger partial charge in [-0.05, 0) is 142 Å². The monoisotopic (exact) mass is 1030 g/mol. The lowest BCUT2D eigenvalue weighted by Gasteiger charge is -2.46. The first-order chi connectivity index (χ1) is 36.5. The lowest BCUT2D eigenvalue weighted by Crippen LogP contribution is -2.40. The van der Waals surface area contributed by atoms with Crippen LogP contribution in [-0.4, -0.2) is 16.2 Å². The molecule has 0 N–H and O–H groups in total. The molecule has 3 aliphatic rings. The molecule has 5 heteroatoms. The first-order valence-corrected chi connectivity index (χ1v) is 28.5. The lowest BCUT2D eigenvalue weighted by atomic mass is 9.59. The summed E-state index contributed by atoms with van der Waals surface area (Å²) in [6.07, 6.45) is 1.87. The predicted octanol–water partition coefficient (Wildman–Crippen LogP) is 19.7. The molecular formula is C73H80N4O. The zero-order valence-electron chi connectivity index (χ0n) is 49.8. The van der Waals surface area contributed by atoms with Crippen LogP contribution in [0.2, 0.25) is 0 Å². The van der Waals surface area contributed by atoms with E-state index in [4.69, 9.17) is 9.72 Å². The predicted molar refractivity (Wildman–Crippen MR) is 330 cm³/mol. The van der Waals surface area contributed by atoms with E-state index in [9.17, 15) is 0 Å². The molecule has 0 amide bonds. The molecule has 2 aliphatic heterocycles. The molecule has 0 unspecified atom stereocenters. The lowest BCUT2D eigenvalue weighted by molar-refractivity contribution is 0.482. The average Bonchev–Trinajstić information content (AvgIpc) is 2.42. The fraction of sp³-hybridized carbons (Fsp3) is 0.356. The summed E-state index contributed by atoms with van der Waals surface area (Å²) in [6.45, 7) is 43.7. The van der Waals surface area contributed by atoms with Crippen molar-refractivity contribution >= 4 is 44.6 Å². The van der Waals surface area contributed by atoms with Crippen molar-refractivity contribution < 1.29 is 4.74 Å². The highest BCUT2D eigenvalue weighted by Crippen LogP contribution is 2.69. The van der Waals surface area contributed by atoms with Crippen LogP contribution in [0.15, 0.2) is 146 Å². The number of fused-ring (bicyclic) bond motifs is 12. The van der Waals surface area contributed by atoms with Crippen LogP contribution in [0.3, 0.4) is 0 Å². The van der Waals surface area contributed by atoms with E-state index < -0.39 is 5.41 Å². The first kappa shape index (κ1) is 51.6. The third-order valence-electron chi connectivity index (χ3n) is 17.3. The summed E-state index contributed by atoms with van der Waals surface area (Å²) in [5.41, 5.74) is 22.0. The van der Waals surface area contributed by atoms with Gasteiger partial charge in [-0.2, -0.15) is 0 Å². The number of aromatic nitrogens is 2. The third kappa shape index (κ3) is 7.79. The van der Waals surface area contributed by atoms with Gasteiger partial charge < -0.3 is 14.5 Å². The highest BCUT2D eigenvalue weighted by atomic mass is 16.5. The van der Waals surface area contributed by atoms with Crippen LogP contribution in [0, 0.1) is 0 Å². The third-order valence-corrected chi connectivity index (χ3v) is 17.3. The van der Waals surface area contributed by atoms with Crippen LogP contribution >= 0.6 is 0 Å². The average molecular weight is 1030 g/mol. The fourth-order valence-electron chi connectivity index (χ4n) is 13.4. The molecule has 0 fully saturated rings.